The van der Waals surface area contributed by atoms with Gasteiger partial charge in [-0.1, -0.05) is 19.1 Å². The van der Waals surface area contributed by atoms with Gasteiger partial charge in [-0.05, 0) is 44.1 Å². The predicted octanol–water partition coefficient (Wildman–Crippen LogP) is 2.54. The Hall–Kier alpha value is -3.18. The number of allylic oxidation sites excluding steroid dienone is 4. The molecule has 4 rings (SSSR count). The van der Waals surface area contributed by atoms with Crippen LogP contribution in [0.15, 0.2) is 61.2 Å². The van der Waals surface area contributed by atoms with Crippen LogP contribution in [0.3, 0.4) is 0 Å². The van der Waals surface area contributed by atoms with Crippen molar-refractivity contribution in [1.29, 1.82) is 0 Å². The van der Waals surface area contributed by atoms with Gasteiger partial charge in [-0.15, -0.1) is 0 Å². The molecular formula is C22H24N4O5S2. The minimum Gasteiger partial charge on any atom is -0.497 e. The Kier molecular flexibility index (Phi) is 6.26. The first-order chi connectivity index (χ1) is 15.7. The number of ether oxygens (including phenoxy) is 1. The number of benzene rings is 1. The fourth-order valence-corrected chi connectivity index (χ4v) is 5.68. The van der Waals surface area contributed by atoms with Crippen molar-refractivity contribution in [2.24, 2.45) is 5.92 Å². The van der Waals surface area contributed by atoms with Crippen molar-refractivity contribution >= 4 is 28.8 Å². The molecule has 0 amide bonds. The van der Waals surface area contributed by atoms with Crippen LogP contribution < -0.4 is 25.9 Å². The molecule has 2 heterocycles. The van der Waals surface area contributed by atoms with Crippen molar-refractivity contribution in [1.82, 2.24) is 17.0 Å². The van der Waals surface area contributed by atoms with Crippen LogP contribution >= 0.6 is 23.1 Å². The Balaban J connectivity index is 1.66. The number of nitrogens with zero attached hydrogens (tertiary/aromatic N) is 4. The molecule has 1 aliphatic rings. The molecule has 0 fully saturated rings. The Bertz CT molecular complexity index is 1490. The standard InChI is InChI=1S/C22H24N4O5S2/c1-13(2)24-20(28)26(33-22(24)30)18-9-8-15(10-14(18)3)12-23-19(27)25(32-21(23)29)16-6-5-7-17(11-16)31-4/h5-9,11,13-14H,10,12H2,1-4H3. The number of hydrogen-bond donors (Lipinski definition) is 0. The average molecular weight is 489 g/mol. The van der Waals surface area contributed by atoms with Crippen molar-refractivity contribution in [3.63, 3.8) is 0 Å². The number of aromatic nitrogens is 4. The van der Waals surface area contributed by atoms with Crippen LogP contribution in [0.4, 0.5) is 0 Å². The zero-order chi connectivity index (χ0) is 23.9. The number of hydrogen-bond acceptors (Lipinski definition) is 7. The molecule has 0 saturated heterocycles. The highest BCUT2D eigenvalue weighted by Gasteiger charge is 2.23. The molecule has 0 spiro atoms. The summed E-state index contributed by atoms with van der Waals surface area (Å²) >= 11 is 1.73. The van der Waals surface area contributed by atoms with Crippen LogP contribution in [0, 0.1) is 5.92 Å². The zero-order valence-electron chi connectivity index (χ0n) is 18.7. The van der Waals surface area contributed by atoms with Crippen LogP contribution in [-0.2, 0) is 6.54 Å². The molecule has 1 aromatic carbocycles. The van der Waals surface area contributed by atoms with E-state index < -0.39 is 5.69 Å². The lowest BCUT2D eigenvalue weighted by Gasteiger charge is -2.21. The molecule has 9 nitrogen and oxygen atoms in total. The molecule has 2 aromatic heterocycles. The van der Waals surface area contributed by atoms with E-state index in [9.17, 15) is 19.2 Å². The van der Waals surface area contributed by atoms with Gasteiger partial charge in [0, 0.05) is 46.8 Å². The molecule has 0 radical (unpaired) electrons. The van der Waals surface area contributed by atoms with E-state index >= 15 is 0 Å². The topological polar surface area (TPSA) is 97.2 Å². The summed E-state index contributed by atoms with van der Waals surface area (Å²) in [5, 5.41) is 0. The molecule has 33 heavy (non-hydrogen) atoms. The normalized spacial score (nSPS) is 16.1. The van der Waals surface area contributed by atoms with Crippen molar-refractivity contribution in [3.8, 4) is 11.4 Å². The van der Waals surface area contributed by atoms with Crippen LogP contribution in [0.25, 0.3) is 11.4 Å². The summed E-state index contributed by atoms with van der Waals surface area (Å²) < 4.78 is 10.4. The predicted molar refractivity (Wildman–Crippen MR) is 130 cm³/mol. The minimum atomic E-state index is -0.412. The van der Waals surface area contributed by atoms with E-state index in [2.05, 4.69) is 0 Å². The molecule has 0 bridgehead atoms. The van der Waals surface area contributed by atoms with Gasteiger partial charge in [-0.25, -0.2) is 26.6 Å². The lowest BCUT2D eigenvalue weighted by atomic mass is 9.93. The molecule has 11 heteroatoms. The van der Waals surface area contributed by atoms with E-state index in [1.165, 1.54) is 17.0 Å². The highest BCUT2D eigenvalue weighted by atomic mass is 32.1. The summed E-state index contributed by atoms with van der Waals surface area (Å²) in [4.78, 5) is 49.8. The maximum Gasteiger partial charge on any atom is 0.346 e. The van der Waals surface area contributed by atoms with E-state index in [1.807, 2.05) is 13.0 Å². The molecule has 3 aromatic rings. The van der Waals surface area contributed by atoms with Crippen molar-refractivity contribution < 1.29 is 4.74 Å². The molecule has 0 saturated carbocycles. The van der Waals surface area contributed by atoms with Crippen molar-refractivity contribution in [3.05, 3.63) is 82.3 Å². The smallest absolute Gasteiger partial charge is 0.346 e. The quantitative estimate of drug-likeness (QED) is 0.531. The summed E-state index contributed by atoms with van der Waals surface area (Å²) in [6, 6.07) is 6.75. The highest BCUT2D eigenvalue weighted by molar-refractivity contribution is 7.04. The second-order valence-electron chi connectivity index (χ2n) is 8.14. The fourth-order valence-electron chi connectivity index (χ4n) is 3.84. The van der Waals surface area contributed by atoms with Gasteiger partial charge >= 0.3 is 21.1 Å². The van der Waals surface area contributed by atoms with E-state index in [4.69, 9.17) is 4.74 Å². The average Bonchev–Trinajstić information content (AvgIpc) is 3.23. The third-order valence-corrected chi connectivity index (χ3v) is 7.33. The van der Waals surface area contributed by atoms with Gasteiger partial charge in [0.25, 0.3) is 0 Å². The fraction of sp³-hybridized carbons (Fsp3) is 0.364. The molecule has 0 aliphatic heterocycles. The van der Waals surface area contributed by atoms with Gasteiger partial charge < -0.3 is 4.74 Å². The van der Waals surface area contributed by atoms with E-state index in [1.54, 1.807) is 51.3 Å². The monoisotopic (exact) mass is 488 g/mol. The maximum absolute atomic E-state index is 13.0. The van der Waals surface area contributed by atoms with Crippen molar-refractivity contribution in [2.45, 2.75) is 39.8 Å². The van der Waals surface area contributed by atoms with Crippen LogP contribution in [0.2, 0.25) is 0 Å². The SMILES string of the molecule is COc1cccc(-n2sc(=O)n(CC3=CC=C(n4sc(=O)n(C(C)C)c4=O)C(C)C3)c2=O)c1. The lowest BCUT2D eigenvalue weighted by molar-refractivity contribution is 0.414. The molecular weight excluding hydrogens is 464 g/mol. The molecule has 1 unspecified atom stereocenters. The Morgan fingerprint density at radius 3 is 2.39 bits per heavy atom. The third kappa shape index (κ3) is 4.25. The Labute approximate surface area is 197 Å². The first-order valence-electron chi connectivity index (χ1n) is 10.4. The van der Waals surface area contributed by atoms with Crippen LogP contribution in [-0.4, -0.2) is 24.2 Å². The van der Waals surface area contributed by atoms with Crippen LogP contribution in [0.5, 0.6) is 5.75 Å². The molecule has 174 valence electrons. The van der Waals surface area contributed by atoms with E-state index in [0.717, 1.165) is 34.3 Å². The van der Waals surface area contributed by atoms with Crippen molar-refractivity contribution in [2.75, 3.05) is 7.11 Å². The summed E-state index contributed by atoms with van der Waals surface area (Å²) in [6.07, 6.45) is 4.18. The summed E-state index contributed by atoms with van der Waals surface area (Å²) in [5.74, 6) is 0.536. The number of rotatable bonds is 6. The highest BCUT2D eigenvalue weighted by Crippen LogP contribution is 2.28. The molecule has 1 atom stereocenters. The van der Waals surface area contributed by atoms with Gasteiger partial charge in [0.2, 0.25) is 0 Å². The minimum absolute atomic E-state index is 0.0590. The Morgan fingerprint density at radius 2 is 1.76 bits per heavy atom. The van der Waals surface area contributed by atoms with Gasteiger partial charge in [0.15, 0.2) is 0 Å². The molecule has 1 aliphatic carbocycles. The first-order valence-corrected chi connectivity index (χ1v) is 12.0. The van der Waals surface area contributed by atoms with Gasteiger partial charge in [0.05, 0.1) is 19.3 Å². The number of methoxy groups -OCH3 is 1. The maximum atomic E-state index is 13.0. The van der Waals surface area contributed by atoms with Gasteiger partial charge in [-0.2, -0.15) is 0 Å². The van der Waals surface area contributed by atoms with E-state index in [-0.39, 0.29) is 33.9 Å². The van der Waals surface area contributed by atoms with Crippen LogP contribution in [0.1, 0.15) is 33.2 Å². The summed E-state index contributed by atoms with van der Waals surface area (Å²) in [6.45, 7) is 5.72. The first kappa shape index (κ1) is 23.0. The molecule has 0 N–H and O–H groups in total. The van der Waals surface area contributed by atoms with Gasteiger partial charge in [0.1, 0.15) is 5.75 Å². The second kappa shape index (κ2) is 8.99. The second-order valence-corrected chi connectivity index (χ2v) is 9.94. The largest absolute Gasteiger partial charge is 0.497 e. The van der Waals surface area contributed by atoms with Gasteiger partial charge in [-0.3, -0.25) is 9.59 Å². The third-order valence-electron chi connectivity index (χ3n) is 5.50. The Morgan fingerprint density at radius 1 is 1.03 bits per heavy atom. The zero-order valence-corrected chi connectivity index (χ0v) is 20.3. The summed E-state index contributed by atoms with van der Waals surface area (Å²) in [7, 11) is 1.54. The van der Waals surface area contributed by atoms with E-state index in [0.29, 0.717) is 17.9 Å². The lowest BCUT2D eigenvalue weighted by Crippen LogP contribution is -2.32. The summed E-state index contributed by atoms with van der Waals surface area (Å²) in [5.41, 5.74) is 1.44.